The summed E-state index contributed by atoms with van der Waals surface area (Å²) < 4.78 is 0. The molecule has 5 rings (SSSR count). The molecule has 2 atom stereocenters. The third-order valence-electron chi connectivity index (χ3n) is 5.00. The molecule has 96 valence electrons. The van der Waals surface area contributed by atoms with E-state index in [9.17, 15) is 0 Å². The van der Waals surface area contributed by atoms with E-state index in [-0.39, 0.29) is 0 Å². The van der Waals surface area contributed by atoms with Crippen LogP contribution in [0.1, 0.15) is 25.7 Å². The third-order valence-corrected chi connectivity index (χ3v) is 5.00. The van der Waals surface area contributed by atoms with E-state index < -0.39 is 0 Å². The average molecular weight is 243 g/mol. The molecule has 4 fully saturated rings. The van der Waals surface area contributed by atoms with Crippen molar-refractivity contribution in [1.82, 2.24) is 4.90 Å². The van der Waals surface area contributed by atoms with Crippen LogP contribution in [-0.4, -0.2) is 36.1 Å². The number of nitrogens with zero attached hydrogens (tertiary/aromatic N) is 2. The zero-order valence-corrected chi connectivity index (χ0v) is 10.8. The van der Waals surface area contributed by atoms with Crippen molar-refractivity contribution in [3.63, 3.8) is 0 Å². The lowest BCUT2D eigenvalue weighted by molar-refractivity contribution is -0.0631. The van der Waals surface area contributed by atoms with Gasteiger partial charge in [-0.2, -0.15) is 0 Å². The van der Waals surface area contributed by atoms with Crippen LogP contribution >= 0.6 is 0 Å². The summed E-state index contributed by atoms with van der Waals surface area (Å²) in [4.78, 5) is 5.34. The summed E-state index contributed by atoms with van der Waals surface area (Å²) in [5, 5.41) is 0. The maximum absolute atomic E-state index is 5.75. The first kappa shape index (κ1) is 10.7. The number of piperidine rings is 1. The van der Waals surface area contributed by atoms with Crippen LogP contribution in [0.4, 0.5) is 11.4 Å². The lowest BCUT2D eigenvalue weighted by Gasteiger charge is -2.61. The quantitative estimate of drug-likeness (QED) is 0.807. The van der Waals surface area contributed by atoms with Crippen molar-refractivity contribution < 1.29 is 0 Å². The first-order chi connectivity index (χ1) is 8.81. The predicted octanol–water partition coefficient (Wildman–Crippen LogP) is 2.08. The van der Waals surface area contributed by atoms with Crippen molar-refractivity contribution in [3.8, 4) is 0 Å². The smallest absolute Gasteiger partial charge is 0.0368 e. The molecular weight excluding hydrogens is 222 g/mol. The normalized spacial score (nSPS) is 31.9. The van der Waals surface area contributed by atoms with Crippen molar-refractivity contribution in [2.75, 3.05) is 23.7 Å². The van der Waals surface area contributed by atoms with Crippen LogP contribution in [0.25, 0.3) is 0 Å². The van der Waals surface area contributed by atoms with Gasteiger partial charge in [0.1, 0.15) is 0 Å². The summed E-state index contributed by atoms with van der Waals surface area (Å²) in [5.74, 6) is 0. The molecule has 4 aliphatic rings. The van der Waals surface area contributed by atoms with Gasteiger partial charge < -0.3 is 10.6 Å². The molecule has 1 aromatic carbocycles. The summed E-state index contributed by atoms with van der Waals surface area (Å²) in [7, 11) is 0. The Balaban J connectivity index is 1.47. The van der Waals surface area contributed by atoms with Crippen LogP contribution in [0.2, 0.25) is 0 Å². The van der Waals surface area contributed by atoms with Gasteiger partial charge in [-0.15, -0.1) is 0 Å². The second-order valence-electron chi connectivity index (χ2n) is 6.07. The van der Waals surface area contributed by atoms with Gasteiger partial charge in [-0.05, 0) is 43.5 Å². The molecule has 2 unspecified atom stereocenters. The summed E-state index contributed by atoms with van der Waals surface area (Å²) in [6.07, 6.45) is 5.74. The number of piperazine rings is 1. The fourth-order valence-corrected chi connectivity index (χ4v) is 3.82. The molecule has 0 radical (unpaired) electrons. The maximum Gasteiger partial charge on any atom is 0.0368 e. The second kappa shape index (κ2) is 3.89. The molecule has 0 spiro atoms. The van der Waals surface area contributed by atoms with Gasteiger partial charge >= 0.3 is 0 Å². The van der Waals surface area contributed by atoms with Crippen LogP contribution in [0, 0.1) is 0 Å². The fourth-order valence-electron chi connectivity index (χ4n) is 3.82. The molecule has 18 heavy (non-hydrogen) atoms. The van der Waals surface area contributed by atoms with Crippen molar-refractivity contribution in [1.29, 1.82) is 0 Å². The minimum absolute atomic E-state index is 0.812. The molecule has 1 saturated carbocycles. The highest BCUT2D eigenvalue weighted by atomic mass is 15.4. The Morgan fingerprint density at radius 2 is 1.61 bits per heavy atom. The molecule has 3 nitrogen and oxygen atoms in total. The largest absolute Gasteiger partial charge is 0.399 e. The zero-order chi connectivity index (χ0) is 12.1. The summed E-state index contributed by atoms with van der Waals surface area (Å²) in [5.41, 5.74) is 7.95. The van der Waals surface area contributed by atoms with E-state index in [1.807, 2.05) is 12.1 Å². The minimum Gasteiger partial charge on any atom is -0.399 e. The molecule has 3 heteroatoms. The van der Waals surface area contributed by atoms with E-state index in [1.54, 1.807) is 0 Å². The molecule has 2 bridgehead atoms. The molecular formula is C15H21N3. The van der Waals surface area contributed by atoms with Gasteiger partial charge in [0.05, 0.1) is 0 Å². The highest BCUT2D eigenvalue weighted by Crippen LogP contribution is 2.41. The van der Waals surface area contributed by atoms with Crippen molar-refractivity contribution in [3.05, 3.63) is 24.3 Å². The van der Waals surface area contributed by atoms with Crippen molar-refractivity contribution >= 4 is 11.4 Å². The Hall–Kier alpha value is -1.22. The van der Waals surface area contributed by atoms with Crippen LogP contribution in [0.3, 0.4) is 0 Å². The lowest BCUT2D eigenvalue weighted by atomic mass is 9.79. The predicted molar refractivity (Wildman–Crippen MR) is 74.7 cm³/mol. The molecule has 3 heterocycles. The van der Waals surface area contributed by atoms with E-state index in [2.05, 4.69) is 21.9 Å². The zero-order valence-electron chi connectivity index (χ0n) is 10.8. The number of anilines is 2. The summed E-state index contributed by atoms with van der Waals surface area (Å²) in [6, 6.07) is 10.9. The highest BCUT2D eigenvalue weighted by Gasteiger charge is 2.48. The van der Waals surface area contributed by atoms with Gasteiger partial charge in [-0.1, -0.05) is 6.42 Å². The number of fused-ring (bicyclic) bond motifs is 2. The van der Waals surface area contributed by atoms with E-state index in [1.165, 1.54) is 44.5 Å². The third kappa shape index (κ3) is 1.53. The standard InChI is InChI=1S/C15H21N3/c16-11-4-6-12(7-5-11)17-9-14-8-15(10-17)18(14)13-2-1-3-13/h4-7,13-15H,1-3,8-10,16H2. The molecule has 0 amide bonds. The number of benzene rings is 1. The van der Waals surface area contributed by atoms with Gasteiger partial charge in [-0.25, -0.2) is 0 Å². The Morgan fingerprint density at radius 1 is 0.944 bits per heavy atom. The monoisotopic (exact) mass is 243 g/mol. The number of nitrogen functional groups attached to an aromatic ring is 1. The Morgan fingerprint density at radius 3 is 2.17 bits per heavy atom. The Bertz CT molecular complexity index is 426. The summed E-state index contributed by atoms with van der Waals surface area (Å²) in [6.45, 7) is 2.41. The van der Waals surface area contributed by atoms with E-state index >= 15 is 0 Å². The molecule has 3 saturated heterocycles. The molecule has 1 aromatic rings. The van der Waals surface area contributed by atoms with Gasteiger partial charge in [0.2, 0.25) is 0 Å². The van der Waals surface area contributed by atoms with E-state index in [0.717, 1.165) is 23.8 Å². The SMILES string of the molecule is Nc1ccc(N2CC3CC(C2)N3C2CCC2)cc1. The van der Waals surface area contributed by atoms with E-state index in [4.69, 9.17) is 5.73 Å². The number of rotatable bonds is 2. The van der Waals surface area contributed by atoms with Gasteiger partial charge in [0.25, 0.3) is 0 Å². The van der Waals surface area contributed by atoms with Crippen LogP contribution in [0.15, 0.2) is 24.3 Å². The van der Waals surface area contributed by atoms with Gasteiger partial charge in [0.15, 0.2) is 0 Å². The minimum atomic E-state index is 0.812. The number of nitrogens with two attached hydrogens (primary N) is 1. The Kier molecular flexibility index (Phi) is 2.31. The first-order valence-corrected chi connectivity index (χ1v) is 7.19. The van der Waals surface area contributed by atoms with Crippen LogP contribution in [-0.2, 0) is 0 Å². The van der Waals surface area contributed by atoms with Crippen LogP contribution in [0.5, 0.6) is 0 Å². The number of hydrogen-bond acceptors (Lipinski definition) is 3. The average Bonchev–Trinajstić information content (AvgIpc) is 2.34. The van der Waals surface area contributed by atoms with Crippen molar-refractivity contribution in [2.24, 2.45) is 0 Å². The second-order valence-corrected chi connectivity index (χ2v) is 6.07. The Labute approximate surface area is 109 Å². The first-order valence-electron chi connectivity index (χ1n) is 7.19. The maximum atomic E-state index is 5.75. The van der Waals surface area contributed by atoms with Crippen molar-refractivity contribution in [2.45, 2.75) is 43.8 Å². The lowest BCUT2D eigenvalue weighted by Crippen LogP contribution is -2.72. The topological polar surface area (TPSA) is 32.5 Å². The highest BCUT2D eigenvalue weighted by molar-refractivity contribution is 5.54. The fraction of sp³-hybridized carbons (Fsp3) is 0.600. The summed E-state index contributed by atoms with van der Waals surface area (Å²) >= 11 is 0. The van der Waals surface area contributed by atoms with E-state index in [0.29, 0.717) is 0 Å². The molecule has 3 aliphatic heterocycles. The molecule has 0 aromatic heterocycles. The van der Waals surface area contributed by atoms with Gasteiger partial charge in [-0.3, -0.25) is 4.90 Å². The number of hydrogen-bond donors (Lipinski definition) is 1. The van der Waals surface area contributed by atoms with Crippen LogP contribution < -0.4 is 10.6 Å². The molecule has 1 aliphatic carbocycles. The van der Waals surface area contributed by atoms with Gasteiger partial charge in [0, 0.05) is 42.6 Å². The molecule has 2 N–H and O–H groups in total.